The number of pyridine rings is 1. The SMILES string of the molecule is CCCCOc1ccc(C(=O)N(Cc2ccccn2)c2nc3ccc(OC)cc3s2)cc1. The molecule has 0 aliphatic heterocycles. The van der Waals surface area contributed by atoms with Crippen molar-refractivity contribution in [3.8, 4) is 11.5 Å². The summed E-state index contributed by atoms with van der Waals surface area (Å²) in [6, 6.07) is 18.7. The molecule has 4 rings (SSSR count). The molecule has 0 saturated heterocycles. The highest BCUT2D eigenvalue weighted by atomic mass is 32.1. The number of benzene rings is 2. The lowest BCUT2D eigenvalue weighted by molar-refractivity contribution is 0.0985. The number of thiazole rings is 1. The number of anilines is 1. The fourth-order valence-corrected chi connectivity index (χ4v) is 4.19. The zero-order chi connectivity index (χ0) is 22.3. The summed E-state index contributed by atoms with van der Waals surface area (Å²) in [4.78, 5) is 24.3. The van der Waals surface area contributed by atoms with Crippen molar-refractivity contribution < 1.29 is 14.3 Å². The normalized spacial score (nSPS) is 10.8. The quantitative estimate of drug-likeness (QED) is 0.307. The van der Waals surface area contributed by atoms with Crippen molar-refractivity contribution in [1.29, 1.82) is 0 Å². The van der Waals surface area contributed by atoms with E-state index < -0.39 is 0 Å². The average molecular weight is 448 g/mol. The number of hydrogen-bond donors (Lipinski definition) is 0. The maximum absolute atomic E-state index is 13.5. The lowest BCUT2D eigenvalue weighted by Gasteiger charge is -2.19. The third-order valence-corrected chi connectivity index (χ3v) is 6.02. The Balaban J connectivity index is 1.64. The fraction of sp³-hybridized carbons (Fsp3) is 0.240. The number of unbranched alkanes of at least 4 members (excludes halogenated alkanes) is 1. The summed E-state index contributed by atoms with van der Waals surface area (Å²) >= 11 is 1.46. The van der Waals surface area contributed by atoms with Gasteiger partial charge in [-0.05, 0) is 61.0 Å². The van der Waals surface area contributed by atoms with Gasteiger partial charge in [0, 0.05) is 11.8 Å². The van der Waals surface area contributed by atoms with E-state index in [-0.39, 0.29) is 5.91 Å². The van der Waals surface area contributed by atoms with Gasteiger partial charge in [-0.2, -0.15) is 0 Å². The zero-order valence-corrected chi connectivity index (χ0v) is 19.0. The van der Waals surface area contributed by atoms with Gasteiger partial charge in [0.25, 0.3) is 5.91 Å². The largest absolute Gasteiger partial charge is 0.497 e. The molecule has 7 heteroatoms. The predicted octanol–water partition coefficient (Wildman–Crippen LogP) is 5.73. The molecule has 0 radical (unpaired) electrons. The van der Waals surface area contributed by atoms with E-state index in [0.29, 0.717) is 23.8 Å². The Labute approximate surface area is 191 Å². The number of methoxy groups -OCH3 is 1. The first-order valence-corrected chi connectivity index (χ1v) is 11.4. The van der Waals surface area contributed by atoms with E-state index in [0.717, 1.165) is 40.3 Å². The summed E-state index contributed by atoms with van der Waals surface area (Å²) in [5.41, 5.74) is 2.18. The highest BCUT2D eigenvalue weighted by Crippen LogP contribution is 2.33. The smallest absolute Gasteiger partial charge is 0.260 e. The number of carbonyl (C=O) groups excluding carboxylic acids is 1. The van der Waals surface area contributed by atoms with Crippen LogP contribution < -0.4 is 14.4 Å². The van der Waals surface area contributed by atoms with Crippen LogP contribution in [-0.2, 0) is 6.54 Å². The van der Waals surface area contributed by atoms with E-state index in [1.807, 2.05) is 48.5 Å². The summed E-state index contributed by atoms with van der Waals surface area (Å²) in [6.07, 6.45) is 3.80. The third-order valence-electron chi connectivity index (χ3n) is 4.97. The van der Waals surface area contributed by atoms with Crippen LogP contribution in [0.2, 0.25) is 0 Å². The second kappa shape index (κ2) is 10.2. The summed E-state index contributed by atoms with van der Waals surface area (Å²) < 4.78 is 12.0. The minimum Gasteiger partial charge on any atom is -0.497 e. The molecule has 0 fully saturated rings. The summed E-state index contributed by atoms with van der Waals surface area (Å²) in [5.74, 6) is 1.38. The van der Waals surface area contributed by atoms with Crippen molar-refractivity contribution in [2.24, 2.45) is 0 Å². The lowest BCUT2D eigenvalue weighted by Crippen LogP contribution is -2.30. The van der Waals surface area contributed by atoms with E-state index in [4.69, 9.17) is 14.5 Å². The number of amides is 1. The molecule has 32 heavy (non-hydrogen) atoms. The molecular formula is C25H25N3O3S. The van der Waals surface area contributed by atoms with E-state index >= 15 is 0 Å². The first kappa shape index (κ1) is 21.8. The Hall–Kier alpha value is -3.45. The van der Waals surface area contributed by atoms with Crippen LogP contribution in [0.3, 0.4) is 0 Å². The molecule has 0 aliphatic rings. The van der Waals surface area contributed by atoms with E-state index in [9.17, 15) is 4.79 Å². The minimum atomic E-state index is -0.137. The molecule has 0 saturated carbocycles. The van der Waals surface area contributed by atoms with E-state index in [1.54, 1.807) is 30.3 Å². The van der Waals surface area contributed by atoms with Gasteiger partial charge < -0.3 is 9.47 Å². The van der Waals surface area contributed by atoms with Crippen molar-refractivity contribution in [2.45, 2.75) is 26.3 Å². The molecule has 1 amide bonds. The first-order chi connectivity index (χ1) is 15.7. The highest BCUT2D eigenvalue weighted by molar-refractivity contribution is 7.22. The van der Waals surface area contributed by atoms with Crippen LogP contribution in [0.4, 0.5) is 5.13 Å². The predicted molar refractivity (Wildman–Crippen MR) is 128 cm³/mol. The first-order valence-electron chi connectivity index (χ1n) is 10.6. The second-order valence-electron chi connectivity index (χ2n) is 7.27. The number of carbonyl (C=O) groups is 1. The monoisotopic (exact) mass is 447 g/mol. The summed E-state index contributed by atoms with van der Waals surface area (Å²) in [5, 5.41) is 0.618. The molecule has 0 spiro atoms. The van der Waals surface area contributed by atoms with Crippen LogP contribution in [-0.4, -0.2) is 29.6 Å². The number of hydrogen-bond acceptors (Lipinski definition) is 6. The van der Waals surface area contributed by atoms with E-state index in [1.165, 1.54) is 11.3 Å². The Morgan fingerprint density at radius 3 is 2.59 bits per heavy atom. The Kier molecular flexibility index (Phi) is 6.97. The topological polar surface area (TPSA) is 64.5 Å². The van der Waals surface area contributed by atoms with Gasteiger partial charge in [0.05, 0.1) is 36.2 Å². The third kappa shape index (κ3) is 5.06. The number of fused-ring (bicyclic) bond motifs is 1. The van der Waals surface area contributed by atoms with Gasteiger partial charge in [-0.1, -0.05) is 30.7 Å². The van der Waals surface area contributed by atoms with Crippen LogP contribution in [0.25, 0.3) is 10.2 Å². The Morgan fingerprint density at radius 2 is 1.88 bits per heavy atom. The summed E-state index contributed by atoms with van der Waals surface area (Å²) in [7, 11) is 1.63. The molecule has 2 aromatic heterocycles. The number of aromatic nitrogens is 2. The molecule has 0 unspecified atom stereocenters. The van der Waals surface area contributed by atoms with Gasteiger partial charge in [0.2, 0.25) is 0 Å². The Bertz CT molecular complexity index is 1180. The minimum absolute atomic E-state index is 0.137. The molecule has 2 aromatic carbocycles. The molecule has 164 valence electrons. The van der Waals surface area contributed by atoms with Gasteiger partial charge in [-0.15, -0.1) is 0 Å². The maximum atomic E-state index is 13.5. The van der Waals surface area contributed by atoms with Crippen LogP contribution in [0.15, 0.2) is 66.9 Å². The Morgan fingerprint density at radius 1 is 1.06 bits per heavy atom. The van der Waals surface area contributed by atoms with Crippen molar-refractivity contribution in [1.82, 2.24) is 9.97 Å². The standard InChI is InChI=1S/C25H25N3O3S/c1-3-4-15-31-20-10-8-18(9-11-20)24(29)28(17-19-7-5-6-14-26-19)25-27-22-13-12-21(30-2)16-23(22)32-25/h5-14,16H,3-4,15,17H2,1-2H3. The van der Waals surface area contributed by atoms with Crippen molar-refractivity contribution in [3.05, 3.63) is 78.1 Å². The van der Waals surface area contributed by atoms with Gasteiger partial charge in [-0.3, -0.25) is 14.7 Å². The molecule has 0 aliphatic carbocycles. The van der Waals surface area contributed by atoms with E-state index in [2.05, 4.69) is 11.9 Å². The second-order valence-corrected chi connectivity index (χ2v) is 8.28. The van der Waals surface area contributed by atoms with Crippen molar-refractivity contribution in [2.75, 3.05) is 18.6 Å². The van der Waals surface area contributed by atoms with Gasteiger partial charge >= 0.3 is 0 Å². The molecule has 0 N–H and O–H groups in total. The number of nitrogens with zero attached hydrogens (tertiary/aromatic N) is 3. The summed E-state index contributed by atoms with van der Waals surface area (Å²) in [6.45, 7) is 3.12. The van der Waals surface area contributed by atoms with Crippen LogP contribution in [0.5, 0.6) is 11.5 Å². The van der Waals surface area contributed by atoms with Crippen LogP contribution >= 0.6 is 11.3 Å². The highest BCUT2D eigenvalue weighted by Gasteiger charge is 2.22. The lowest BCUT2D eigenvalue weighted by atomic mass is 10.2. The molecule has 4 aromatic rings. The van der Waals surface area contributed by atoms with Crippen molar-refractivity contribution >= 4 is 32.6 Å². The van der Waals surface area contributed by atoms with Gasteiger partial charge in [0.15, 0.2) is 5.13 Å². The molecule has 6 nitrogen and oxygen atoms in total. The van der Waals surface area contributed by atoms with Crippen LogP contribution in [0.1, 0.15) is 35.8 Å². The molecule has 0 bridgehead atoms. The number of ether oxygens (including phenoxy) is 2. The van der Waals surface area contributed by atoms with Gasteiger partial charge in [-0.25, -0.2) is 4.98 Å². The zero-order valence-electron chi connectivity index (χ0n) is 18.2. The average Bonchev–Trinajstić information content (AvgIpc) is 3.26. The number of rotatable bonds is 9. The molecule has 0 atom stereocenters. The fourth-order valence-electron chi connectivity index (χ4n) is 3.20. The van der Waals surface area contributed by atoms with Gasteiger partial charge in [0.1, 0.15) is 11.5 Å². The van der Waals surface area contributed by atoms with Crippen LogP contribution in [0, 0.1) is 0 Å². The van der Waals surface area contributed by atoms with Crippen molar-refractivity contribution in [3.63, 3.8) is 0 Å². The molecule has 2 heterocycles. The molecular weight excluding hydrogens is 422 g/mol. The maximum Gasteiger partial charge on any atom is 0.260 e.